The van der Waals surface area contributed by atoms with Crippen molar-refractivity contribution in [1.29, 1.82) is 0 Å². The van der Waals surface area contributed by atoms with Gasteiger partial charge in [0, 0.05) is 26.4 Å². The molecular weight excluding hydrogens is 228 g/mol. The number of hydrogen-bond donors (Lipinski definition) is 0. The van der Waals surface area contributed by atoms with Gasteiger partial charge in [-0.1, -0.05) is 0 Å². The molecule has 0 radical (unpaired) electrons. The predicted molar refractivity (Wildman–Crippen MR) is 77.0 cm³/mol. The van der Waals surface area contributed by atoms with Gasteiger partial charge in [-0.2, -0.15) is 5.10 Å². The maximum absolute atomic E-state index is 5.89. The van der Waals surface area contributed by atoms with Crippen LogP contribution in [0.15, 0.2) is 5.10 Å². The van der Waals surface area contributed by atoms with E-state index in [2.05, 4.69) is 25.1 Å². The largest absolute Gasteiger partial charge is 0.418 e. The molecule has 0 aromatic heterocycles. The van der Waals surface area contributed by atoms with Gasteiger partial charge in [0.05, 0.1) is 0 Å². The summed E-state index contributed by atoms with van der Waals surface area (Å²) in [7, 11) is 2.62. The Morgan fingerprint density at radius 1 is 1.41 bits per heavy atom. The van der Waals surface area contributed by atoms with Crippen LogP contribution < -0.4 is 0 Å². The summed E-state index contributed by atoms with van der Waals surface area (Å²) < 4.78 is 5.89. The first-order valence-corrected chi connectivity index (χ1v) is 9.95. The highest BCUT2D eigenvalue weighted by atomic mass is 28.4. The lowest BCUT2D eigenvalue weighted by Crippen LogP contribution is -2.31. The molecule has 0 saturated heterocycles. The summed E-state index contributed by atoms with van der Waals surface area (Å²) >= 11 is 0. The molecule has 1 atom stereocenters. The zero-order valence-corrected chi connectivity index (χ0v) is 13.1. The van der Waals surface area contributed by atoms with Crippen LogP contribution in [0, 0.1) is 5.92 Å². The lowest BCUT2D eigenvalue weighted by Gasteiger charge is -2.24. The van der Waals surface area contributed by atoms with Crippen LogP contribution in [0.1, 0.15) is 32.6 Å². The van der Waals surface area contributed by atoms with Crippen molar-refractivity contribution in [3.63, 3.8) is 0 Å². The molecule has 0 bridgehead atoms. The molecule has 0 aromatic carbocycles. The molecule has 0 amide bonds. The van der Waals surface area contributed by atoms with E-state index in [0.29, 0.717) is 5.92 Å². The van der Waals surface area contributed by atoms with E-state index in [1.807, 2.05) is 19.1 Å². The van der Waals surface area contributed by atoms with E-state index in [9.17, 15) is 0 Å². The molecule has 1 unspecified atom stereocenters. The average Bonchev–Trinajstić information content (AvgIpc) is 2.61. The van der Waals surface area contributed by atoms with E-state index >= 15 is 0 Å². The lowest BCUT2D eigenvalue weighted by atomic mass is 10.0. The van der Waals surface area contributed by atoms with Gasteiger partial charge in [-0.15, -0.1) is 0 Å². The second-order valence-electron chi connectivity index (χ2n) is 5.76. The van der Waals surface area contributed by atoms with E-state index < -0.39 is 8.32 Å². The molecule has 0 aliphatic heterocycles. The summed E-state index contributed by atoms with van der Waals surface area (Å²) in [5.74, 6) is 0.713. The minimum atomic E-state index is -1.41. The van der Waals surface area contributed by atoms with E-state index in [1.54, 1.807) is 0 Å². The van der Waals surface area contributed by atoms with Gasteiger partial charge in [-0.05, 0) is 57.7 Å². The molecule has 1 aliphatic carbocycles. The Morgan fingerprint density at radius 2 is 2.12 bits per heavy atom. The van der Waals surface area contributed by atoms with Crippen molar-refractivity contribution in [3.05, 3.63) is 0 Å². The molecule has 1 saturated carbocycles. The first-order chi connectivity index (χ1) is 7.94. The number of hydrazone groups is 1. The van der Waals surface area contributed by atoms with Crippen LogP contribution in [0.4, 0.5) is 0 Å². The fraction of sp³-hybridized carbons (Fsp3) is 0.923. The third kappa shape index (κ3) is 5.21. The normalized spacial score (nSPS) is 23.4. The topological polar surface area (TPSA) is 24.8 Å². The van der Waals surface area contributed by atoms with Gasteiger partial charge in [-0.3, -0.25) is 0 Å². The van der Waals surface area contributed by atoms with Crippen molar-refractivity contribution in [1.82, 2.24) is 5.01 Å². The van der Waals surface area contributed by atoms with Crippen LogP contribution in [-0.4, -0.2) is 39.7 Å². The van der Waals surface area contributed by atoms with Gasteiger partial charge in [0.1, 0.15) is 0 Å². The maximum Gasteiger partial charge on any atom is 0.186 e. The standard InChI is InChI=1S/C13H28N2OSi/c1-6-16-17(4,5)11-10-12-8-7-9-13(12)14-15(2)3/h12H,6-11H2,1-5H3/b14-13+. The zero-order chi connectivity index (χ0) is 12.9. The highest BCUT2D eigenvalue weighted by Crippen LogP contribution is 2.29. The van der Waals surface area contributed by atoms with Crippen LogP contribution in [0.3, 0.4) is 0 Å². The number of nitrogens with zero attached hydrogens (tertiary/aromatic N) is 2. The zero-order valence-electron chi connectivity index (χ0n) is 12.1. The van der Waals surface area contributed by atoms with Gasteiger partial charge in [-0.25, -0.2) is 0 Å². The van der Waals surface area contributed by atoms with Gasteiger partial charge >= 0.3 is 0 Å². The third-order valence-electron chi connectivity index (χ3n) is 3.42. The van der Waals surface area contributed by atoms with Crippen molar-refractivity contribution in [2.24, 2.45) is 11.0 Å². The van der Waals surface area contributed by atoms with Crippen molar-refractivity contribution in [3.8, 4) is 0 Å². The SMILES string of the molecule is CCO[Si](C)(C)CCC1CCC/C1=N\N(C)C. The fourth-order valence-corrected chi connectivity index (χ4v) is 4.55. The van der Waals surface area contributed by atoms with E-state index in [0.717, 1.165) is 6.61 Å². The van der Waals surface area contributed by atoms with Gasteiger partial charge < -0.3 is 9.43 Å². The van der Waals surface area contributed by atoms with Crippen molar-refractivity contribution < 1.29 is 4.43 Å². The summed E-state index contributed by atoms with van der Waals surface area (Å²) in [6.45, 7) is 7.62. The van der Waals surface area contributed by atoms with Crippen LogP contribution in [-0.2, 0) is 4.43 Å². The fourth-order valence-electron chi connectivity index (χ4n) is 2.58. The molecule has 0 aromatic rings. The summed E-state index contributed by atoms with van der Waals surface area (Å²) in [6.07, 6.45) is 5.10. The first kappa shape index (κ1) is 14.7. The summed E-state index contributed by atoms with van der Waals surface area (Å²) in [5, 5.41) is 6.57. The van der Waals surface area contributed by atoms with Crippen LogP contribution >= 0.6 is 0 Å². The van der Waals surface area contributed by atoms with E-state index in [4.69, 9.17) is 4.43 Å². The summed E-state index contributed by atoms with van der Waals surface area (Å²) in [4.78, 5) is 0. The Hall–Kier alpha value is -0.353. The third-order valence-corrected chi connectivity index (χ3v) is 5.98. The Balaban J connectivity index is 2.46. The molecule has 0 N–H and O–H groups in total. The van der Waals surface area contributed by atoms with Crippen LogP contribution in [0.2, 0.25) is 19.1 Å². The van der Waals surface area contributed by atoms with E-state index in [-0.39, 0.29) is 0 Å². The number of hydrogen-bond acceptors (Lipinski definition) is 3. The van der Waals surface area contributed by atoms with Crippen molar-refractivity contribution in [2.75, 3.05) is 20.7 Å². The second-order valence-corrected chi connectivity index (χ2v) is 10.1. The lowest BCUT2D eigenvalue weighted by molar-refractivity contribution is 0.326. The van der Waals surface area contributed by atoms with Crippen LogP contribution in [0.5, 0.6) is 0 Å². The summed E-state index contributed by atoms with van der Waals surface area (Å²) in [6, 6.07) is 1.26. The molecular formula is C13H28N2OSi. The molecule has 4 heteroatoms. The second kappa shape index (κ2) is 6.54. The summed E-state index contributed by atoms with van der Waals surface area (Å²) in [5.41, 5.74) is 1.41. The molecule has 0 heterocycles. The maximum atomic E-state index is 5.89. The van der Waals surface area contributed by atoms with Crippen molar-refractivity contribution >= 4 is 14.0 Å². The molecule has 17 heavy (non-hydrogen) atoms. The highest BCUT2D eigenvalue weighted by Gasteiger charge is 2.28. The Morgan fingerprint density at radius 3 is 2.71 bits per heavy atom. The quantitative estimate of drug-likeness (QED) is 0.538. The Kier molecular flexibility index (Phi) is 5.66. The number of rotatable bonds is 6. The van der Waals surface area contributed by atoms with E-state index in [1.165, 1.54) is 37.4 Å². The Labute approximate surface area is 107 Å². The molecule has 100 valence electrons. The van der Waals surface area contributed by atoms with Crippen LogP contribution in [0.25, 0.3) is 0 Å². The molecule has 1 fully saturated rings. The predicted octanol–water partition coefficient (Wildman–Crippen LogP) is 3.34. The minimum absolute atomic E-state index is 0.713. The molecule has 1 rings (SSSR count). The minimum Gasteiger partial charge on any atom is -0.418 e. The molecule has 3 nitrogen and oxygen atoms in total. The van der Waals surface area contributed by atoms with Crippen molar-refractivity contribution in [2.45, 2.75) is 51.7 Å². The van der Waals surface area contributed by atoms with Gasteiger partial charge in [0.25, 0.3) is 0 Å². The Bertz CT molecular complexity index is 264. The highest BCUT2D eigenvalue weighted by molar-refractivity contribution is 6.71. The first-order valence-electron chi connectivity index (χ1n) is 6.83. The molecule has 1 aliphatic rings. The molecule has 0 spiro atoms. The monoisotopic (exact) mass is 256 g/mol. The van der Waals surface area contributed by atoms with Gasteiger partial charge in [0.15, 0.2) is 8.32 Å². The smallest absolute Gasteiger partial charge is 0.186 e. The average molecular weight is 256 g/mol. The van der Waals surface area contributed by atoms with Gasteiger partial charge in [0.2, 0.25) is 0 Å².